The van der Waals surface area contributed by atoms with Crippen LogP contribution < -0.4 is 24.2 Å². The van der Waals surface area contributed by atoms with Crippen LogP contribution in [0.2, 0.25) is 0 Å². The summed E-state index contributed by atoms with van der Waals surface area (Å²) in [5.41, 5.74) is 0.868. The largest absolute Gasteiger partial charge is 0.491 e. The summed E-state index contributed by atoms with van der Waals surface area (Å²) in [6.45, 7) is 1.25. The van der Waals surface area contributed by atoms with Crippen molar-refractivity contribution in [1.82, 2.24) is 9.97 Å². The highest BCUT2D eigenvalue weighted by atomic mass is 32.2. The lowest BCUT2D eigenvalue weighted by Crippen LogP contribution is -2.16. The third-order valence-corrected chi connectivity index (χ3v) is 6.68. The lowest BCUT2D eigenvalue weighted by molar-refractivity contribution is 0.0679. The highest BCUT2D eigenvalue weighted by Gasteiger charge is 2.18. The van der Waals surface area contributed by atoms with E-state index in [1.807, 2.05) is 0 Å². The fraction of sp³-hybridized carbons (Fsp3) is 0.292. The average molecular weight is 515 g/mol. The Morgan fingerprint density at radius 2 is 1.81 bits per heavy atom. The molecule has 2 aromatic carbocycles. The number of carbonyl (C=O) groups excluding carboxylic acids is 1. The molecule has 11 nitrogen and oxygen atoms in total. The first-order chi connectivity index (χ1) is 17.4. The maximum absolute atomic E-state index is 12.8. The quantitative estimate of drug-likeness (QED) is 0.418. The van der Waals surface area contributed by atoms with E-state index < -0.39 is 10.0 Å². The van der Waals surface area contributed by atoms with Crippen molar-refractivity contribution in [2.24, 2.45) is 0 Å². The second kappa shape index (κ2) is 11.2. The number of amides is 1. The van der Waals surface area contributed by atoms with Crippen molar-refractivity contribution < 1.29 is 32.2 Å². The normalized spacial score (nSPS) is 15.2. The highest BCUT2D eigenvalue weighted by Crippen LogP contribution is 2.22. The minimum absolute atomic E-state index is 0.0146. The van der Waals surface area contributed by atoms with Gasteiger partial charge in [0.1, 0.15) is 12.4 Å². The van der Waals surface area contributed by atoms with Crippen molar-refractivity contribution in [3.63, 3.8) is 0 Å². The van der Waals surface area contributed by atoms with Crippen molar-refractivity contribution >= 4 is 27.4 Å². The second-order valence-corrected chi connectivity index (χ2v) is 9.52. The van der Waals surface area contributed by atoms with Crippen LogP contribution in [0.3, 0.4) is 0 Å². The molecule has 3 aromatic rings. The van der Waals surface area contributed by atoms with Crippen LogP contribution in [0.25, 0.3) is 0 Å². The molecule has 12 heteroatoms. The van der Waals surface area contributed by atoms with Crippen molar-refractivity contribution in [3.8, 4) is 17.6 Å². The zero-order valence-corrected chi connectivity index (χ0v) is 20.6. The summed E-state index contributed by atoms with van der Waals surface area (Å²) in [6, 6.07) is 13.8. The van der Waals surface area contributed by atoms with E-state index >= 15 is 0 Å². The summed E-state index contributed by atoms with van der Waals surface area (Å²) in [5.74, 6) is 0.442. The molecule has 0 saturated carbocycles. The van der Waals surface area contributed by atoms with Crippen LogP contribution in [-0.4, -0.2) is 57.8 Å². The van der Waals surface area contributed by atoms with E-state index in [9.17, 15) is 13.2 Å². The van der Waals surface area contributed by atoms with Gasteiger partial charge in [-0.25, -0.2) is 8.42 Å². The molecule has 1 fully saturated rings. The Morgan fingerprint density at radius 1 is 1.06 bits per heavy atom. The lowest BCUT2D eigenvalue weighted by atomic mass is 10.2. The standard InChI is InChI=1S/C24H26N4O7S/c1-32-22-14-21(26-24(27-22)33-2)28-36(30,31)20-11-7-17(8-12-20)25-23(29)16-5-9-18(10-6-16)35-15-19-4-3-13-34-19/h5-12,14,19H,3-4,13,15H2,1-2H3,(H,25,29)(H,26,27,28). The first-order valence-electron chi connectivity index (χ1n) is 11.1. The van der Waals surface area contributed by atoms with Gasteiger partial charge in [0.25, 0.3) is 15.9 Å². The fourth-order valence-corrected chi connectivity index (χ4v) is 4.43. The van der Waals surface area contributed by atoms with Crippen LogP contribution in [0.4, 0.5) is 11.5 Å². The maximum Gasteiger partial charge on any atom is 0.321 e. The first kappa shape index (κ1) is 25.2. The van der Waals surface area contributed by atoms with Gasteiger partial charge in [-0.15, -0.1) is 0 Å². The zero-order chi connectivity index (χ0) is 25.5. The number of anilines is 2. The molecule has 0 spiro atoms. The van der Waals surface area contributed by atoms with Gasteiger partial charge in [0.2, 0.25) is 5.88 Å². The van der Waals surface area contributed by atoms with Crippen molar-refractivity contribution in [1.29, 1.82) is 0 Å². The van der Waals surface area contributed by atoms with Gasteiger partial charge in [-0.1, -0.05) is 0 Å². The van der Waals surface area contributed by atoms with E-state index in [1.165, 1.54) is 44.6 Å². The SMILES string of the molecule is COc1cc(NS(=O)(=O)c2ccc(NC(=O)c3ccc(OCC4CCCO4)cc3)cc2)nc(OC)n1. The highest BCUT2D eigenvalue weighted by molar-refractivity contribution is 7.92. The second-order valence-electron chi connectivity index (χ2n) is 7.84. The van der Waals surface area contributed by atoms with E-state index in [0.717, 1.165) is 19.4 Å². The van der Waals surface area contributed by atoms with Gasteiger partial charge in [-0.2, -0.15) is 9.97 Å². The third kappa shape index (κ3) is 6.40. The van der Waals surface area contributed by atoms with E-state index in [4.69, 9.17) is 18.9 Å². The zero-order valence-electron chi connectivity index (χ0n) is 19.8. The number of sulfonamides is 1. The summed E-state index contributed by atoms with van der Waals surface area (Å²) >= 11 is 0. The molecule has 2 N–H and O–H groups in total. The summed E-state index contributed by atoms with van der Waals surface area (Å²) in [6.07, 6.45) is 2.14. The third-order valence-electron chi connectivity index (χ3n) is 5.31. The summed E-state index contributed by atoms with van der Waals surface area (Å²) in [5, 5.41) is 2.74. The van der Waals surface area contributed by atoms with Crippen LogP contribution in [0.5, 0.6) is 17.6 Å². The van der Waals surface area contributed by atoms with Gasteiger partial charge in [0.15, 0.2) is 5.82 Å². The van der Waals surface area contributed by atoms with Crippen LogP contribution in [0.1, 0.15) is 23.2 Å². The molecular weight excluding hydrogens is 488 g/mol. The minimum atomic E-state index is -3.96. The Morgan fingerprint density at radius 3 is 2.44 bits per heavy atom. The van der Waals surface area contributed by atoms with Crippen LogP contribution >= 0.6 is 0 Å². The molecule has 1 aromatic heterocycles. The van der Waals surface area contributed by atoms with E-state index in [1.54, 1.807) is 24.3 Å². The van der Waals surface area contributed by atoms with E-state index in [0.29, 0.717) is 23.6 Å². The number of benzene rings is 2. The summed E-state index contributed by atoms with van der Waals surface area (Å²) in [7, 11) is -1.22. The molecule has 0 radical (unpaired) electrons. The number of ether oxygens (including phenoxy) is 4. The molecule has 2 heterocycles. The van der Waals surface area contributed by atoms with Gasteiger partial charge in [0, 0.05) is 23.9 Å². The lowest BCUT2D eigenvalue weighted by Gasteiger charge is -2.12. The monoisotopic (exact) mass is 514 g/mol. The molecule has 1 aliphatic rings. The molecule has 190 valence electrons. The fourth-order valence-electron chi connectivity index (χ4n) is 3.44. The molecule has 1 amide bonds. The van der Waals surface area contributed by atoms with Gasteiger partial charge in [-0.3, -0.25) is 9.52 Å². The number of carbonyl (C=O) groups is 1. The van der Waals surface area contributed by atoms with Gasteiger partial charge < -0.3 is 24.3 Å². The molecule has 36 heavy (non-hydrogen) atoms. The van der Waals surface area contributed by atoms with Gasteiger partial charge >= 0.3 is 6.01 Å². The van der Waals surface area contributed by atoms with Crippen molar-refractivity contribution in [2.45, 2.75) is 23.8 Å². The number of nitrogens with zero attached hydrogens (tertiary/aromatic N) is 2. The average Bonchev–Trinajstić information content (AvgIpc) is 3.41. The Balaban J connectivity index is 1.36. The van der Waals surface area contributed by atoms with Crippen LogP contribution in [-0.2, 0) is 14.8 Å². The Kier molecular flexibility index (Phi) is 7.86. The maximum atomic E-state index is 12.8. The molecule has 1 atom stereocenters. The number of methoxy groups -OCH3 is 2. The van der Waals surface area contributed by atoms with Crippen LogP contribution in [0, 0.1) is 0 Å². The number of rotatable bonds is 10. The van der Waals surface area contributed by atoms with E-state index in [-0.39, 0.29) is 34.6 Å². The molecule has 1 aliphatic heterocycles. The first-order valence-corrected chi connectivity index (χ1v) is 12.6. The summed E-state index contributed by atoms with van der Waals surface area (Å²) < 4.78 is 49.1. The topological polar surface area (TPSA) is 138 Å². The predicted molar refractivity (Wildman–Crippen MR) is 131 cm³/mol. The molecule has 1 saturated heterocycles. The smallest absolute Gasteiger partial charge is 0.321 e. The molecule has 4 rings (SSSR count). The molecule has 0 aliphatic carbocycles. The molecule has 0 bridgehead atoms. The minimum Gasteiger partial charge on any atom is -0.491 e. The summed E-state index contributed by atoms with van der Waals surface area (Å²) in [4.78, 5) is 20.5. The van der Waals surface area contributed by atoms with Gasteiger partial charge in [0.05, 0.1) is 25.2 Å². The Hall–Kier alpha value is -3.90. The Bertz CT molecular complexity index is 1270. The van der Waals surface area contributed by atoms with Crippen molar-refractivity contribution in [2.75, 3.05) is 37.5 Å². The number of aromatic nitrogens is 2. The number of nitrogens with one attached hydrogen (secondary N) is 2. The van der Waals surface area contributed by atoms with Crippen LogP contribution in [0.15, 0.2) is 59.5 Å². The predicted octanol–water partition coefficient (Wildman–Crippen LogP) is 3.10. The molecule has 1 unspecified atom stereocenters. The number of hydrogen-bond donors (Lipinski definition) is 2. The van der Waals surface area contributed by atoms with Crippen molar-refractivity contribution in [3.05, 3.63) is 60.2 Å². The number of hydrogen-bond acceptors (Lipinski definition) is 9. The molecular formula is C24H26N4O7S. The Labute approximate surface area is 208 Å². The van der Waals surface area contributed by atoms with E-state index in [2.05, 4.69) is 20.0 Å². The van der Waals surface area contributed by atoms with Gasteiger partial charge in [-0.05, 0) is 61.4 Å².